The quantitative estimate of drug-likeness (QED) is 0.216. The monoisotopic (exact) mass is 484 g/mol. The van der Waals surface area contributed by atoms with Crippen LogP contribution in [0.3, 0.4) is 0 Å². The highest BCUT2D eigenvalue weighted by Crippen LogP contribution is 2.15. The molecule has 4 heteroatoms. The van der Waals surface area contributed by atoms with Crippen molar-refractivity contribution >= 4 is 11.9 Å². The Labute approximate surface area is 215 Å². The van der Waals surface area contributed by atoms with E-state index in [1.165, 1.54) is 0 Å². The van der Waals surface area contributed by atoms with Gasteiger partial charge in [-0.3, -0.25) is 0 Å². The van der Waals surface area contributed by atoms with E-state index in [4.69, 9.17) is 9.47 Å². The zero-order valence-corrected chi connectivity index (χ0v) is 19.9. The first kappa shape index (κ1) is 29.9. The summed E-state index contributed by atoms with van der Waals surface area (Å²) < 4.78 is 10.5. The number of carbonyl (C=O) groups is 2. The van der Waals surface area contributed by atoms with Crippen LogP contribution in [0.1, 0.15) is 57.8 Å². The summed E-state index contributed by atoms with van der Waals surface area (Å²) in [5, 5.41) is 0. The molecule has 188 valence electrons. The van der Waals surface area contributed by atoms with Crippen LogP contribution in [-0.2, 0) is 0 Å². The minimum absolute atomic E-state index is 0. The smallest absolute Gasteiger partial charge is 0.343 e. The molecule has 0 heterocycles. The molecule has 0 aliphatic heterocycles. The maximum atomic E-state index is 11.8. The van der Waals surface area contributed by atoms with Crippen molar-refractivity contribution in [1.82, 2.24) is 0 Å². The Kier molecular flexibility index (Phi) is 11.8. The second kappa shape index (κ2) is 14.3. The normalized spacial score (nSPS) is 9.44. The van der Waals surface area contributed by atoms with Crippen LogP contribution in [-0.4, -0.2) is 11.9 Å². The molecule has 0 fully saturated rings. The maximum Gasteiger partial charge on any atom is 0.343 e. The first-order valence-electron chi connectivity index (χ1n) is 11.0. The van der Waals surface area contributed by atoms with Gasteiger partial charge in [0.05, 0.1) is 11.1 Å². The Morgan fingerprint density at radius 3 is 0.889 bits per heavy atom. The summed E-state index contributed by atoms with van der Waals surface area (Å²) in [4.78, 5) is 23.6. The van der Waals surface area contributed by atoms with Gasteiger partial charge in [0, 0.05) is 0 Å². The molecule has 0 radical (unpaired) electrons. The molecule has 0 unspecified atom stereocenters. The molecule has 0 bridgehead atoms. The van der Waals surface area contributed by atoms with Gasteiger partial charge in [-0.2, -0.15) is 0 Å². The minimum atomic E-state index is -0.325. The molecule has 0 saturated heterocycles. The number of carbonyl (C=O) groups excluding carboxylic acids is 2. The molecule has 0 atom stereocenters. The first-order valence-corrected chi connectivity index (χ1v) is 11.0. The molecule has 36 heavy (non-hydrogen) atoms. The maximum absolute atomic E-state index is 11.8. The van der Waals surface area contributed by atoms with Crippen LogP contribution in [0.4, 0.5) is 0 Å². The van der Waals surface area contributed by atoms with Gasteiger partial charge < -0.3 is 9.47 Å². The van der Waals surface area contributed by atoms with Gasteiger partial charge in [0.1, 0.15) is 11.5 Å². The fourth-order valence-electron chi connectivity index (χ4n) is 2.92. The topological polar surface area (TPSA) is 52.6 Å². The van der Waals surface area contributed by atoms with Crippen molar-refractivity contribution in [3.8, 4) is 11.5 Å². The van der Waals surface area contributed by atoms with Gasteiger partial charge in [-0.25, -0.2) is 9.59 Å². The van der Waals surface area contributed by atoms with Crippen LogP contribution in [0.15, 0.2) is 97.1 Å². The van der Waals surface area contributed by atoms with E-state index in [0.717, 1.165) is 22.3 Å². The summed E-state index contributed by atoms with van der Waals surface area (Å²) >= 11 is 0. The van der Waals surface area contributed by atoms with E-state index in [0.29, 0.717) is 22.6 Å². The van der Waals surface area contributed by atoms with Crippen molar-refractivity contribution in [2.75, 3.05) is 0 Å². The fourth-order valence-corrected chi connectivity index (χ4v) is 2.92. The van der Waals surface area contributed by atoms with E-state index in [-0.39, 0.29) is 26.8 Å². The molecule has 0 saturated carbocycles. The highest BCUT2D eigenvalue weighted by atomic mass is 16.5. The lowest BCUT2D eigenvalue weighted by Crippen LogP contribution is -2.08. The third-order valence-electron chi connectivity index (χ3n) is 5.04. The molecule has 0 N–H and O–H groups in total. The standard InChI is InChI=1S/2C15H14O2.2CH4/c2*1-11-3-7-13(8-4-11)15(16)17-14-9-5-12(2)6-10-14;;/h2*3-10H,1-2H3;2*1H4. The molecule has 4 aromatic rings. The number of esters is 2. The summed E-state index contributed by atoms with van der Waals surface area (Å²) in [6.07, 6.45) is 0. The molecular weight excluding hydrogens is 448 g/mol. The van der Waals surface area contributed by atoms with Gasteiger partial charge in [-0.1, -0.05) is 85.6 Å². The van der Waals surface area contributed by atoms with Crippen molar-refractivity contribution in [3.63, 3.8) is 0 Å². The van der Waals surface area contributed by atoms with Gasteiger partial charge in [0.25, 0.3) is 0 Å². The van der Waals surface area contributed by atoms with Crippen LogP contribution < -0.4 is 9.47 Å². The van der Waals surface area contributed by atoms with Gasteiger partial charge in [-0.05, 0) is 76.2 Å². The molecule has 0 aliphatic carbocycles. The lowest BCUT2D eigenvalue weighted by molar-refractivity contribution is 0.0725. The number of benzene rings is 4. The molecule has 4 nitrogen and oxygen atoms in total. The Balaban J connectivity index is 0.000000341. The molecule has 0 spiro atoms. The van der Waals surface area contributed by atoms with Crippen LogP contribution in [0.5, 0.6) is 11.5 Å². The molecule has 4 aromatic carbocycles. The van der Waals surface area contributed by atoms with Gasteiger partial charge in [0.2, 0.25) is 0 Å². The second-order valence-corrected chi connectivity index (χ2v) is 8.14. The van der Waals surface area contributed by atoms with Gasteiger partial charge in [0.15, 0.2) is 0 Å². The van der Waals surface area contributed by atoms with Crippen molar-refractivity contribution in [1.29, 1.82) is 0 Å². The average Bonchev–Trinajstić information content (AvgIpc) is 2.83. The summed E-state index contributed by atoms with van der Waals surface area (Å²) in [6.45, 7) is 7.95. The highest BCUT2D eigenvalue weighted by Gasteiger charge is 2.08. The first-order chi connectivity index (χ1) is 16.3. The highest BCUT2D eigenvalue weighted by molar-refractivity contribution is 5.91. The fraction of sp³-hybridized carbons (Fsp3) is 0.188. The summed E-state index contributed by atoms with van der Waals surface area (Å²) in [5.74, 6) is 0.491. The Hall–Kier alpha value is -4.18. The number of hydrogen-bond acceptors (Lipinski definition) is 4. The SMILES string of the molecule is C.C.Cc1ccc(OC(=O)c2ccc(C)cc2)cc1.Cc1ccc(OC(=O)c2ccc(C)cc2)cc1. The lowest BCUT2D eigenvalue weighted by atomic mass is 10.1. The molecule has 4 rings (SSSR count). The van der Waals surface area contributed by atoms with E-state index >= 15 is 0 Å². The molecule has 0 aliphatic rings. The second-order valence-electron chi connectivity index (χ2n) is 8.14. The molecule has 0 aromatic heterocycles. The molecule has 0 amide bonds. The van der Waals surface area contributed by atoms with E-state index in [2.05, 4.69) is 0 Å². The number of ether oxygens (including phenoxy) is 2. The van der Waals surface area contributed by atoms with Crippen LogP contribution in [0.25, 0.3) is 0 Å². The van der Waals surface area contributed by atoms with Crippen LogP contribution in [0, 0.1) is 27.7 Å². The van der Waals surface area contributed by atoms with Gasteiger partial charge in [-0.15, -0.1) is 0 Å². The van der Waals surface area contributed by atoms with Crippen molar-refractivity contribution in [2.45, 2.75) is 42.5 Å². The van der Waals surface area contributed by atoms with Crippen LogP contribution >= 0.6 is 0 Å². The van der Waals surface area contributed by atoms with Crippen molar-refractivity contribution < 1.29 is 19.1 Å². The number of aryl methyl sites for hydroxylation is 4. The Morgan fingerprint density at radius 1 is 0.417 bits per heavy atom. The predicted octanol–water partition coefficient (Wildman–Crippen LogP) is 8.32. The van der Waals surface area contributed by atoms with E-state index in [9.17, 15) is 9.59 Å². The largest absolute Gasteiger partial charge is 0.423 e. The Morgan fingerprint density at radius 2 is 0.639 bits per heavy atom. The third kappa shape index (κ3) is 9.22. The number of hydrogen-bond donors (Lipinski definition) is 0. The zero-order valence-electron chi connectivity index (χ0n) is 19.9. The average molecular weight is 485 g/mol. The third-order valence-corrected chi connectivity index (χ3v) is 5.04. The number of rotatable bonds is 4. The van der Waals surface area contributed by atoms with Crippen LogP contribution in [0.2, 0.25) is 0 Å². The predicted molar refractivity (Wildman–Crippen MR) is 148 cm³/mol. The summed E-state index contributed by atoms with van der Waals surface area (Å²) in [6, 6.07) is 29.5. The molecular formula is C32H36O4. The van der Waals surface area contributed by atoms with Crippen molar-refractivity contribution in [2.24, 2.45) is 0 Å². The zero-order chi connectivity index (χ0) is 24.5. The van der Waals surface area contributed by atoms with Gasteiger partial charge >= 0.3 is 11.9 Å². The van der Waals surface area contributed by atoms with E-state index in [1.54, 1.807) is 48.5 Å². The summed E-state index contributed by atoms with van der Waals surface area (Å²) in [5.41, 5.74) is 5.65. The van der Waals surface area contributed by atoms with E-state index in [1.807, 2.05) is 76.2 Å². The minimum Gasteiger partial charge on any atom is -0.423 e. The lowest BCUT2D eigenvalue weighted by Gasteiger charge is -2.04. The Bertz CT molecular complexity index is 1120. The van der Waals surface area contributed by atoms with Crippen molar-refractivity contribution in [3.05, 3.63) is 130 Å². The van der Waals surface area contributed by atoms with E-state index < -0.39 is 0 Å². The summed E-state index contributed by atoms with van der Waals surface area (Å²) in [7, 11) is 0.